The lowest BCUT2D eigenvalue weighted by Gasteiger charge is -2.15. The first kappa shape index (κ1) is 24.4. The Morgan fingerprint density at radius 2 is 1.76 bits per heavy atom. The third kappa shape index (κ3) is 7.06. The summed E-state index contributed by atoms with van der Waals surface area (Å²) in [6, 6.07) is 6.74. The van der Waals surface area contributed by atoms with Crippen molar-refractivity contribution >= 4 is 24.2 Å². The number of nitrogens with one attached hydrogen (secondary N) is 2. The molecule has 1 atom stereocenters. The highest BCUT2D eigenvalue weighted by atomic mass is 35.5. The average Bonchev–Trinajstić information content (AvgIpc) is 3.14. The molecule has 4 N–H and O–H groups in total. The number of hydrogen-bond donors (Lipinski definition) is 3. The maximum Gasteiger partial charge on any atom is 0.435 e. The van der Waals surface area contributed by atoms with E-state index in [0.29, 0.717) is 5.69 Å². The SMILES string of the molecule is CC(C)[C@H](N)C(=O)NCC(=O)NCc1ccc(-n2ccc(C(F)(F)F)n2)cc1.Cl. The fraction of sp³-hybridized carbons (Fsp3) is 0.389. The maximum atomic E-state index is 12.6. The van der Waals surface area contributed by atoms with Crippen molar-refractivity contribution in [2.45, 2.75) is 32.6 Å². The first-order valence-electron chi connectivity index (χ1n) is 8.60. The quantitative estimate of drug-likeness (QED) is 0.621. The highest BCUT2D eigenvalue weighted by Crippen LogP contribution is 2.27. The normalized spacial score (nSPS) is 12.2. The lowest BCUT2D eigenvalue weighted by atomic mass is 10.1. The van der Waals surface area contributed by atoms with E-state index in [1.807, 2.05) is 0 Å². The van der Waals surface area contributed by atoms with Crippen LogP contribution >= 0.6 is 12.4 Å². The van der Waals surface area contributed by atoms with Crippen molar-refractivity contribution in [1.29, 1.82) is 0 Å². The molecule has 0 saturated heterocycles. The molecule has 0 radical (unpaired) electrons. The molecule has 1 aromatic carbocycles. The van der Waals surface area contributed by atoms with Crippen LogP contribution in [0.3, 0.4) is 0 Å². The fourth-order valence-electron chi connectivity index (χ4n) is 2.24. The number of alkyl halides is 3. The van der Waals surface area contributed by atoms with Crippen molar-refractivity contribution in [3.63, 3.8) is 0 Å². The smallest absolute Gasteiger partial charge is 0.350 e. The number of carbonyl (C=O) groups excluding carboxylic acids is 2. The molecule has 1 aromatic heterocycles. The third-order valence-corrected chi connectivity index (χ3v) is 4.01. The zero-order valence-electron chi connectivity index (χ0n) is 15.9. The molecular weight excluding hydrogens is 411 g/mol. The molecule has 0 bridgehead atoms. The van der Waals surface area contributed by atoms with Crippen molar-refractivity contribution in [3.8, 4) is 5.69 Å². The Hall–Kier alpha value is -2.59. The van der Waals surface area contributed by atoms with E-state index in [-0.39, 0.29) is 37.3 Å². The van der Waals surface area contributed by atoms with Gasteiger partial charge in [-0.3, -0.25) is 9.59 Å². The predicted molar refractivity (Wildman–Crippen MR) is 103 cm³/mol. The van der Waals surface area contributed by atoms with Gasteiger partial charge in [0.05, 0.1) is 18.3 Å². The van der Waals surface area contributed by atoms with Crippen molar-refractivity contribution in [2.75, 3.05) is 6.54 Å². The molecule has 11 heteroatoms. The van der Waals surface area contributed by atoms with Crippen molar-refractivity contribution in [1.82, 2.24) is 20.4 Å². The Morgan fingerprint density at radius 1 is 1.14 bits per heavy atom. The Balaban J connectivity index is 0.00000420. The highest BCUT2D eigenvalue weighted by Gasteiger charge is 2.33. The summed E-state index contributed by atoms with van der Waals surface area (Å²) in [6.07, 6.45) is -3.27. The number of benzene rings is 1. The summed E-state index contributed by atoms with van der Waals surface area (Å²) in [5.74, 6) is -0.814. The molecule has 1 heterocycles. The third-order valence-electron chi connectivity index (χ3n) is 4.01. The molecule has 2 rings (SSSR count). The van der Waals surface area contributed by atoms with Gasteiger partial charge in [-0.2, -0.15) is 18.3 Å². The number of aromatic nitrogens is 2. The van der Waals surface area contributed by atoms with Crippen LogP contribution in [0.4, 0.5) is 13.2 Å². The Kier molecular flexibility index (Phi) is 8.65. The van der Waals surface area contributed by atoms with E-state index in [2.05, 4.69) is 15.7 Å². The molecule has 0 saturated carbocycles. The van der Waals surface area contributed by atoms with Gasteiger partial charge >= 0.3 is 6.18 Å². The summed E-state index contributed by atoms with van der Waals surface area (Å²) in [5, 5.41) is 8.60. The Labute approximate surface area is 172 Å². The first-order chi connectivity index (χ1) is 13.1. The molecule has 160 valence electrons. The van der Waals surface area contributed by atoms with Crippen LogP contribution in [0.2, 0.25) is 0 Å². The Morgan fingerprint density at radius 3 is 2.28 bits per heavy atom. The lowest BCUT2D eigenvalue weighted by Crippen LogP contribution is -2.47. The maximum absolute atomic E-state index is 12.6. The predicted octanol–water partition coefficient (Wildman–Crippen LogP) is 2.03. The van der Waals surface area contributed by atoms with E-state index in [9.17, 15) is 22.8 Å². The number of carbonyl (C=O) groups is 2. The second-order valence-corrected chi connectivity index (χ2v) is 6.57. The zero-order chi connectivity index (χ0) is 20.9. The van der Waals surface area contributed by atoms with Crippen LogP contribution in [0.15, 0.2) is 36.5 Å². The van der Waals surface area contributed by atoms with E-state index >= 15 is 0 Å². The van der Waals surface area contributed by atoms with E-state index in [0.717, 1.165) is 16.3 Å². The van der Waals surface area contributed by atoms with Gasteiger partial charge in [0.25, 0.3) is 0 Å². The summed E-state index contributed by atoms with van der Waals surface area (Å²) in [4.78, 5) is 23.5. The number of hydrogen-bond acceptors (Lipinski definition) is 4. The first-order valence-corrected chi connectivity index (χ1v) is 8.60. The summed E-state index contributed by atoms with van der Waals surface area (Å²) >= 11 is 0. The number of rotatable bonds is 7. The molecule has 7 nitrogen and oxygen atoms in total. The molecule has 2 aromatic rings. The minimum absolute atomic E-state index is 0. The monoisotopic (exact) mass is 433 g/mol. The van der Waals surface area contributed by atoms with Gasteiger partial charge in [-0.1, -0.05) is 26.0 Å². The van der Waals surface area contributed by atoms with Crippen molar-refractivity contribution in [2.24, 2.45) is 11.7 Å². The molecule has 2 amide bonds. The van der Waals surface area contributed by atoms with Crippen molar-refractivity contribution < 1.29 is 22.8 Å². The lowest BCUT2D eigenvalue weighted by molar-refractivity contribution is -0.141. The van der Waals surface area contributed by atoms with Crippen LogP contribution in [0.1, 0.15) is 25.1 Å². The van der Waals surface area contributed by atoms with E-state index < -0.39 is 23.8 Å². The number of amides is 2. The summed E-state index contributed by atoms with van der Waals surface area (Å²) in [5.41, 5.74) is 5.92. The van der Waals surface area contributed by atoms with Crippen LogP contribution in [-0.2, 0) is 22.3 Å². The van der Waals surface area contributed by atoms with Crippen LogP contribution in [0.5, 0.6) is 0 Å². The second-order valence-electron chi connectivity index (χ2n) is 6.57. The largest absolute Gasteiger partial charge is 0.435 e. The summed E-state index contributed by atoms with van der Waals surface area (Å²) in [7, 11) is 0. The van der Waals surface area contributed by atoms with Gasteiger partial charge in [0.2, 0.25) is 11.8 Å². The minimum Gasteiger partial charge on any atom is -0.350 e. The van der Waals surface area contributed by atoms with Gasteiger partial charge in [-0.25, -0.2) is 4.68 Å². The number of halogens is 4. The summed E-state index contributed by atoms with van der Waals surface area (Å²) < 4.78 is 38.9. The van der Waals surface area contributed by atoms with Gasteiger partial charge < -0.3 is 16.4 Å². The van der Waals surface area contributed by atoms with Crippen LogP contribution in [0, 0.1) is 5.92 Å². The van der Waals surface area contributed by atoms with Gasteiger partial charge in [0.15, 0.2) is 5.69 Å². The van der Waals surface area contributed by atoms with E-state index in [4.69, 9.17) is 5.73 Å². The van der Waals surface area contributed by atoms with Gasteiger partial charge in [0.1, 0.15) is 0 Å². The average molecular weight is 434 g/mol. The van der Waals surface area contributed by atoms with Gasteiger partial charge in [-0.05, 0) is 29.7 Å². The molecule has 0 unspecified atom stereocenters. The number of nitrogens with two attached hydrogens (primary N) is 1. The minimum atomic E-state index is -4.50. The Bertz CT molecular complexity index is 822. The molecule has 29 heavy (non-hydrogen) atoms. The zero-order valence-corrected chi connectivity index (χ0v) is 16.7. The van der Waals surface area contributed by atoms with E-state index in [1.165, 1.54) is 6.20 Å². The topological polar surface area (TPSA) is 102 Å². The summed E-state index contributed by atoms with van der Waals surface area (Å²) in [6.45, 7) is 3.63. The van der Waals surface area contributed by atoms with E-state index in [1.54, 1.807) is 38.1 Å². The molecule has 0 spiro atoms. The van der Waals surface area contributed by atoms with Crippen LogP contribution in [0.25, 0.3) is 5.69 Å². The standard InChI is InChI=1S/C18H22F3N5O2.ClH/c1-11(2)16(22)17(28)24-10-15(27)23-9-12-3-5-13(6-4-12)26-8-7-14(25-26)18(19,20)21;/h3-8,11,16H,9-10,22H2,1-2H3,(H,23,27)(H,24,28);1H/t16-;/m0./s1. The molecule has 0 fully saturated rings. The van der Waals surface area contributed by atoms with Crippen molar-refractivity contribution in [3.05, 3.63) is 47.8 Å². The fourth-order valence-corrected chi connectivity index (χ4v) is 2.24. The number of nitrogens with zero attached hydrogens (tertiary/aromatic N) is 2. The van der Waals surface area contributed by atoms with Gasteiger partial charge in [-0.15, -0.1) is 12.4 Å². The second kappa shape index (κ2) is 10.3. The highest BCUT2D eigenvalue weighted by molar-refractivity contribution is 5.87. The molecule has 0 aliphatic carbocycles. The molecular formula is C18H23ClF3N5O2. The molecule has 0 aliphatic heterocycles. The van der Waals surface area contributed by atoms with Crippen LogP contribution in [-0.4, -0.2) is 34.2 Å². The van der Waals surface area contributed by atoms with Crippen LogP contribution < -0.4 is 16.4 Å². The molecule has 0 aliphatic rings. The van der Waals surface area contributed by atoms with Gasteiger partial charge in [0, 0.05) is 12.7 Å².